The zero-order valence-corrected chi connectivity index (χ0v) is 15.0. The second-order valence-corrected chi connectivity index (χ2v) is 8.13. The number of hydrogen-bond donors (Lipinski definition) is 2. The number of aromatic nitrogens is 1. The summed E-state index contributed by atoms with van der Waals surface area (Å²) in [5, 5.41) is 0.612. The first-order valence-electron chi connectivity index (χ1n) is 7.67. The van der Waals surface area contributed by atoms with Crippen LogP contribution in [0.2, 0.25) is 0 Å². The van der Waals surface area contributed by atoms with Crippen molar-refractivity contribution >= 4 is 23.2 Å². The molecule has 0 atom stereocenters. The lowest BCUT2D eigenvalue weighted by Gasteiger charge is -2.41. The lowest BCUT2D eigenvalue weighted by atomic mass is 9.86. The smallest absolute Gasteiger partial charge is 0.265 e. The standard InChI is InChI=1S/C17H21N3O3S/c1-16(2)8-9-11(14(19)22)15(24-12(9)17(3,4)23-16)20-7-5-6-10(20)13(18)21/h5-7H,8H2,1-4H3,(H2,18,21)(H2,19,22). The van der Waals surface area contributed by atoms with E-state index in [1.165, 1.54) is 11.3 Å². The molecule has 0 unspecified atom stereocenters. The number of nitrogens with zero attached hydrogens (tertiary/aromatic N) is 1. The van der Waals surface area contributed by atoms with E-state index in [1.807, 2.05) is 27.7 Å². The topological polar surface area (TPSA) is 100 Å². The second-order valence-electron chi connectivity index (χ2n) is 7.13. The van der Waals surface area contributed by atoms with Crippen LogP contribution in [0.5, 0.6) is 0 Å². The van der Waals surface area contributed by atoms with Crippen LogP contribution in [0.3, 0.4) is 0 Å². The average Bonchev–Trinajstić information content (AvgIpc) is 2.99. The highest BCUT2D eigenvalue weighted by molar-refractivity contribution is 7.15. The van der Waals surface area contributed by atoms with Gasteiger partial charge in [-0.2, -0.15) is 0 Å². The van der Waals surface area contributed by atoms with Gasteiger partial charge in [0.15, 0.2) is 0 Å². The van der Waals surface area contributed by atoms with Crippen LogP contribution >= 0.6 is 11.3 Å². The molecule has 0 spiro atoms. The first-order chi connectivity index (χ1) is 11.0. The number of carbonyl (C=O) groups excluding carboxylic acids is 2. The number of amides is 2. The summed E-state index contributed by atoms with van der Waals surface area (Å²) >= 11 is 1.42. The Labute approximate surface area is 144 Å². The highest BCUT2D eigenvalue weighted by Crippen LogP contribution is 2.47. The van der Waals surface area contributed by atoms with Gasteiger partial charge in [-0.25, -0.2) is 0 Å². The van der Waals surface area contributed by atoms with Gasteiger partial charge in [0, 0.05) is 17.5 Å². The number of rotatable bonds is 3. The summed E-state index contributed by atoms with van der Waals surface area (Å²) in [7, 11) is 0. The molecule has 2 aromatic heterocycles. The molecule has 3 rings (SSSR count). The van der Waals surface area contributed by atoms with E-state index in [0.29, 0.717) is 22.7 Å². The van der Waals surface area contributed by atoms with E-state index >= 15 is 0 Å². The zero-order valence-electron chi connectivity index (χ0n) is 14.2. The van der Waals surface area contributed by atoms with Crippen LogP contribution in [0.1, 0.15) is 59.0 Å². The number of nitrogens with two attached hydrogens (primary N) is 2. The Kier molecular flexibility index (Phi) is 3.62. The van der Waals surface area contributed by atoms with Gasteiger partial charge in [-0.1, -0.05) is 0 Å². The van der Waals surface area contributed by atoms with Crippen LogP contribution < -0.4 is 11.5 Å². The van der Waals surface area contributed by atoms with Gasteiger partial charge in [-0.15, -0.1) is 11.3 Å². The van der Waals surface area contributed by atoms with Gasteiger partial charge in [0.2, 0.25) is 0 Å². The Bertz CT molecular complexity index is 845. The molecule has 4 N–H and O–H groups in total. The van der Waals surface area contributed by atoms with Crippen LogP contribution in [-0.2, 0) is 16.8 Å². The molecule has 0 saturated heterocycles. The molecular weight excluding hydrogens is 326 g/mol. The van der Waals surface area contributed by atoms with E-state index in [0.717, 1.165) is 10.4 Å². The number of hydrogen-bond acceptors (Lipinski definition) is 4. The van der Waals surface area contributed by atoms with Crippen molar-refractivity contribution in [3.05, 3.63) is 40.0 Å². The Hall–Kier alpha value is -2.12. The van der Waals surface area contributed by atoms with Crippen molar-refractivity contribution in [1.82, 2.24) is 4.57 Å². The van der Waals surface area contributed by atoms with Gasteiger partial charge in [0.25, 0.3) is 11.8 Å². The lowest BCUT2D eigenvalue weighted by molar-refractivity contribution is -0.135. The molecular formula is C17H21N3O3S. The molecule has 1 aliphatic heterocycles. The zero-order chi connectivity index (χ0) is 17.9. The number of primary amides is 2. The van der Waals surface area contributed by atoms with Crippen molar-refractivity contribution < 1.29 is 14.3 Å². The van der Waals surface area contributed by atoms with E-state index in [-0.39, 0.29) is 0 Å². The molecule has 0 bridgehead atoms. The number of ether oxygens (including phenoxy) is 1. The largest absolute Gasteiger partial charge is 0.365 e. The predicted molar refractivity (Wildman–Crippen MR) is 92.6 cm³/mol. The maximum atomic E-state index is 12.2. The number of carbonyl (C=O) groups is 2. The van der Waals surface area contributed by atoms with Gasteiger partial charge >= 0.3 is 0 Å². The maximum absolute atomic E-state index is 12.2. The van der Waals surface area contributed by atoms with Crippen LogP contribution in [0.15, 0.2) is 18.3 Å². The van der Waals surface area contributed by atoms with Crippen molar-refractivity contribution in [2.24, 2.45) is 11.5 Å². The molecule has 2 amide bonds. The SMILES string of the molecule is CC1(C)Cc2c(sc(-n3cccc3C(N)=O)c2C(N)=O)C(C)(C)O1. The van der Waals surface area contributed by atoms with Crippen LogP contribution in [0.25, 0.3) is 5.00 Å². The van der Waals surface area contributed by atoms with Crippen molar-refractivity contribution in [3.63, 3.8) is 0 Å². The minimum absolute atomic E-state index is 0.314. The molecule has 3 heterocycles. The van der Waals surface area contributed by atoms with E-state index in [2.05, 4.69) is 0 Å². The third-order valence-electron chi connectivity index (χ3n) is 4.14. The summed E-state index contributed by atoms with van der Waals surface area (Å²) in [6.45, 7) is 7.93. The molecule has 24 heavy (non-hydrogen) atoms. The highest BCUT2D eigenvalue weighted by atomic mass is 32.1. The summed E-state index contributed by atoms with van der Waals surface area (Å²) in [5.74, 6) is -1.07. The fourth-order valence-electron chi connectivity index (χ4n) is 3.49. The second kappa shape index (κ2) is 5.19. The summed E-state index contributed by atoms with van der Waals surface area (Å²) in [5.41, 5.74) is 11.8. The lowest BCUT2D eigenvalue weighted by Crippen LogP contribution is -2.42. The Morgan fingerprint density at radius 1 is 1.21 bits per heavy atom. The van der Waals surface area contributed by atoms with Crippen molar-refractivity contribution in [2.45, 2.75) is 45.3 Å². The minimum atomic E-state index is -0.558. The Morgan fingerprint density at radius 2 is 1.88 bits per heavy atom. The van der Waals surface area contributed by atoms with Gasteiger partial charge in [-0.05, 0) is 45.4 Å². The van der Waals surface area contributed by atoms with E-state index in [1.54, 1.807) is 22.9 Å². The monoisotopic (exact) mass is 347 g/mol. The van der Waals surface area contributed by atoms with Crippen molar-refractivity contribution in [1.29, 1.82) is 0 Å². The molecule has 0 aliphatic carbocycles. The molecule has 128 valence electrons. The Morgan fingerprint density at radius 3 is 2.46 bits per heavy atom. The van der Waals surface area contributed by atoms with E-state index < -0.39 is 23.0 Å². The van der Waals surface area contributed by atoms with E-state index in [4.69, 9.17) is 16.2 Å². The van der Waals surface area contributed by atoms with Crippen LogP contribution in [0, 0.1) is 0 Å². The van der Waals surface area contributed by atoms with Crippen molar-refractivity contribution in [3.8, 4) is 5.00 Å². The quantitative estimate of drug-likeness (QED) is 0.891. The molecule has 0 radical (unpaired) electrons. The third-order valence-corrected chi connectivity index (χ3v) is 5.67. The summed E-state index contributed by atoms with van der Waals surface area (Å²) in [6.07, 6.45) is 2.29. The summed E-state index contributed by atoms with van der Waals surface area (Å²) in [6, 6.07) is 3.34. The summed E-state index contributed by atoms with van der Waals surface area (Å²) < 4.78 is 7.82. The maximum Gasteiger partial charge on any atom is 0.265 e. The molecule has 2 aromatic rings. The fraction of sp³-hybridized carbons (Fsp3) is 0.412. The summed E-state index contributed by atoms with van der Waals surface area (Å²) in [4.78, 5) is 24.8. The van der Waals surface area contributed by atoms with Gasteiger partial charge in [0.1, 0.15) is 10.7 Å². The van der Waals surface area contributed by atoms with Crippen molar-refractivity contribution in [2.75, 3.05) is 0 Å². The first kappa shape index (κ1) is 16.7. The number of thiophene rings is 1. The van der Waals surface area contributed by atoms with E-state index in [9.17, 15) is 9.59 Å². The third kappa shape index (κ3) is 2.53. The van der Waals surface area contributed by atoms with Gasteiger partial charge in [0.05, 0.1) is 16.8 Å². The predicted octanol–water partition coefficient (Wildman–Crippen LogP) is 2.32. The fourth-order valence-corrected chi connectivity index (χ4v) is 4.85. The van der Waals surface area contributed by atoms with Crippen LogP contribution in [0.4, 0.5) is 0 Å². The Balaban J connectivity index is 2.31. The van der Waals surface area contributed by atoms with Gasteiger partial charge < -0.3 is 20.8 Å². The molecule has 0 fully saturated rings. The molecule has 0 saturated carbocycles. The highest BCUT2D eigenvalue weighted by Gasteiger charge is 2.43. The minimum Gasteiger partial charge on any atom is -0.365 e. The molecule has 7 heteroatoms. The van der Waals surface area contributed by atoms with Gasteiger partial charge in [-0.3, -0.25) is 9.59 Å². The molecule has 6 nitrogen and oxygen atoms in total. The average molecular weight is 347 g/mol. The van der Waals surface area contributed by atoms with Crippen LogP contribution in [-0.4, -0.2) is 22.0 Å². The normalized spacial score (nSPS) is 18.2. The molecule has 1 aliphatic rings. The molecule has 0 aromatic carbocycles. The first-order valence-corrected chi connectivity index (χ1v) is 8.49. The number of fused-ring (bicyclic) bond motifs is 1.